The van der Waals surface area contributed by atoms with Crippen molar-refractivity contribution in [2.24, 2.45) is 0 Å². The molecule has 5 heteroatoms. The Balaban J connectivity index is 1.55. The molecule has 3 N–H and O–H groups in total. The fourth-order valence-electron chi connectivity index (χ4n) is 3.15. The molecule has 5 nitrogen and oxygen atoms in total. The van der Waals surface area contributed by atoms with Crippen LogP contribution in [0.4, 0.5) is 16.2 Å². The standard InChI is InChI=1S/C15H22N4O/c16-12-4-3-5-13(10-12)17-15(20)19-9-6-14(11-19)18-7-1-2-8-18/h3-5,10,14H,1-2,6-9,11,16H2,(H,17,20). The average Bonchev–Trinajstić information content (AvgIpc) is 3.10. The molecule has 2 heterocycles. The Morgan fingerprint density at radius 3 is 2.80 bits per heavy atom. The SMILES string of the molecule is Nc1cccc(NC(=O)N2CCC(N3CCCC3)C2)c1. The number of urea groups is 1. The molecule has 0 spiro atoms. The quantitative estimate of drug-likeness (QED) is 0.811. The molecule has 0 radical (unpaired) electrons. The van der Waals surface area contributed by atoms with Gasteiger partial charge in [-0.2, -0.15) is 0 Å². The van der Waals surface area contributed by atoms with Crippen LogP contribution in [0.25, 0.3) is 0 Å². The van der Waals surface area contributed by atoms with Gasteiger partial charge in [0.25, 0.3) is 0 Å². The third kappa shape index (κ3) is 2.88. The van der Waals surface area contributed by atoms with Crippen molar-refractivity contribution in [3.63, 3.8) is 0 Å². The van der Waals surface area contributed by atoms with Crippen LogP contribution in [0.15, 0.2) is 24.3 Å². The van der Waals surface area contributed by atoms with Crippen LogP contribution in [0.2, 0.25) is 0 Å². The first-order chi connectivity index (χ1) is 9.72. The van der Waals surface area contributed by atoms with Crippen molar-refractivity contribution >= 4 is 17.4 Å². The van der Waals surface area contributed by atoms with Gasteiger partial charge in [-0.1, -0.05) is 6.07 Å². The van der Waals surface area contributed by atoms with Crippen LogP contribution in [0.3, 0.4) is 0 Å². The van der Waals surface area contributed by atoms with Crippen molar-refractivity contribution in [2.75, 3.05) is 37.2 Å². The highest BCUT2D eigenvalue weighted by atomic mass is 16.2. The largest absolute Gasteiger partial charge is 0.399 e. The van der Waals surface area contributed by atoms with Gasteiger partial charge >= 0.3 is 6.03 Å². The summed E-state index contributed by atoms with van der Waals surface area (Å²) in [6, 6.07) is 7.84. The monoisotopic (exact) mass is 274 g/mol. The predicted molar refractivity (Wildman–Crippen MR) is 80.7 cm³/mol. The molecule has 0 aromatic heterocycles. The molecule has 3 rings (SSSR count). The van der Waals surface area contributed by atoms with Crippen molar-refractivity contribution in [2.45, 2.75) is 25.3 Å². The summed E-state index contributed by atoms with van der Waals surface area (Å²) in [5.41, 5.74) is 7.15. The van der Waals surface area contributed by atoms with Crippen LogP contribution in [0, 0.1) is 0 Å². The number of carbonyl (C=O) groups excluding carboxylic acids is 1. The van der Waals surface area contributed by atoms with E-state index >= 15 is 0 Å². The summed E-state index contributed by atoms with van der Waals surface area (Å²) in [6.45, 7) is 4.06. The van der Waals surface area contributed by atoms with E-state index in [0.717, 1.165) is 25.2 Å². The third-order valence-electron chi connectivity index (χ3n) is 4.25. The van der Waals surface area contributed by atoms with Crippen LogP contribution < -0.4 is 11.1 Å². The first-order valence-electron chi connectivity index (χ1n) is 7.38. The summed E-state index contributed by atoms with van der Waals surface area (Å²) < 4.78 is 0. The second-order valence-corrected chi connectivity index (χ2v) is 5.69. The molecule has 2 saturated heterocycles. The minimum absolute atomic E-state index is 0.0164. The van der Waals surface area contributed by atoms with Crippen LogP contribution in [0.1, 0.15) is 19.3 Å². The lowest BCUT2D eigenvalue weighted by atomic mass is 10.2. The number of hydrogen-bond acceptors (Lipinski definition) is 3. The van der Waals surface area contributed by atoms with E-state index in [1.165, 1.54) is 25.9 Å². The van der Waals surface area contributed by atoms with E-state index in [9.17, 15) is 4.79 Å². The molecular weight excluding hydrogens is 252 g/mol. The molecule has 108 valence electrons. The maximum absolute atomic E-state index is 12.2. The van der Waals surface area contributed by atoms with Gasteiger partial charge in [-0.05, 0) is 50.6 Å². The van der Waals surface area contributed by atoms with E-state index in [1.54, 1.807) is 6.07 Å². The normalized spacial score (nSPS) is 23.2. The van der Waals surface area contributed by atoms with Gasteiger partial charge in [0.05, 0.1) is 0 Å². The minimum atomic E-state index is -0.0164. The summed E-state index contributed by atoms with van der Waals surface area (Å²) >= 11 is 0. The topological polar surface area (TPSA) is 61.6 Å². The predicted octanol–water partition coefficient (Wildman–Crippen LogP) is 1.97. The maximum Gasteiger partial charge on any atom is 0.321 e. The fraction of sp³-hybridized carbons (Fsp3) is 0.533. The Morgan fingerprint density at radius 1 is 1.25 bits per heavy atom. The van der Waals surface area contributed by atoms with Gasteiger partial charge in [-0.25, -0.2) is 4.79 Å². The Bertz CT molecular complexity index is 485. The number of nitrogens with zero attached hydrogens (tertiary/aromatic N) is 2. The van der Waals surface area contributed by atoms with E-state index in [1.807, 2.05) is 23.1 Å². The number of amides is 2. The second kappa shape index (κ2) is 5.71. The lowest BCUT2D eigenvalue weighted by Gasteiger charge is -2.23. The second-order valence-electron chi connectivity index (χ2n) is 5.69. The lowest BCUT2D eigenvalue weighted by molar-refractivity contribution is 0.210. The van der Waals surface area contributed by atoms with E-state index < -0.39 is 0 Å². The molecule has 1 unspecified atom stereocenters. The number of carbonyl (C=O) groups is 1. The lowest BCUT2D eigenvalue weighted by Crippen LogP contribution is -2.38. The first kappa shape index (κ1) is 13.2. The van der Waals surface area contributed by atoms with Gasteiger partial charge in [0.15, 0.2) is 0 Å². The number of benzene rings is 1. The zero-order chi connectivity index (χ0) is 13.9. The van der Waals surface area contributed by atoms with Crippen molar-refractivity contribution in [1.82, 2.24) is 9.80 Å². The number of nitrogens with two attached hydrogens (primary N) is 1. The molecule has 2 amide bonds. The number of hydrogen-bond donors (Lipinski definition) is 2. The summed E-state index contributed by atoms with van der Waals surface area (Å²) in [6.07, 6.45) is 3.68. The van der Waals surface area contributed by atoms with Gasteiger partial charge in [0, 0.05) is 30.5 Å². The average molecular weight is 274 g/mol. The van der Waals surface area contributed by atoms with Crippen LogP contribution in [-0.4, -0.2) is 48.1 Å². The first-order valence-corrected chi connectivity index (χ1v) is 7.38. The molecule has 0 saturated carbocycles. The number of likely N-dealkylation sites (tertiary alicyclic amines) is 2. The highest BCUT2D eigenvalue weighted by Gasteiger charge is 2.31. The smallest absolute Gasteiger partial charge is 0.321 e. The molecule has 0 bridgehead atoms. The molecule has 2 aliphatic rings. The summed E-state index contributed by atoms with van der Waals surface area (Å²) in [5, 5.41) is 2.92. The Kier molecular flexibility index (Phi) is 3.78. The Labute approximate surface area is 119 Å². The molecule has 1 aromatic rings. The van der Waals surface area contributed by atoms with E-state index in [-0.39, 0.29) is 6.03 Å². The zero-order valence-electron chi connectivity index (χ0n) is 11.7. The molecule has 0 aliphatic carbocycles. The van der Waals surface area contributed by atoms with E-state index in [4.69, 9.17) is 5.73 Å². The maximum atomic E-state index is 12.2. The van der Waals surface area contributed by atoms with Gasteiger partial charge in [-0.15, -0.1) is 0 Å². The summed E-state index contributed by atoms with van der Waals surface area (Å²) in [7, 11) is 0. The number of nitrogen functional groups attached to an aromatic ring is 1. The van der Waals surface area contributed by atoms with Crippen LogP contribution >= 0.6 is 0 Å². The fourth-order valence-corrected chi connectivity index (χ4v) is 3.15. The highest BCUT2D eigenvalue weighted by Crippen LogP contribution is 2.21. The van der Waals surface area contributed by atoms with Crippen molar-refractivity contribution in [3.8, 4) is 0 Å². The number of nitrogens with one attached hydrogen (secondary N) is 1. The molecule has 20 heavy (non-hydrogen) atoms. The van der Waals surface area contributed by atoms with Gasteiger partial charge < -0.3 is 16.0 Å². The van der Waals surface area contributed by atoms with Crippen LogP contribution in [-0.2, 0) is 0 Å². The van der Waals surface area contributed by atoms with E-state index in [2.05, 4.69) is 10.2 Å². The molecule has 2 fully saturated rings. The highest BCUT2D eigenvalue weighted by molar-refractivity contribution is 5.90. The van der Waals surface area contributed by atoms with Gasteiger partial charge in [0.1, 0.15) is 0 Å². The van der Waals surface area contributed by atoms with E-state index in [0.29, 0.717) is 11.7 Å². The minimum Gasteiger partial charge on any atom is -0.399 e. The molecule has 1 atom stereocenters. The van der Waals surface area contributed by atoms with Gasteiger partial charge in [0.2, 0.25) is 0 Å². The van der Waals surface area contributed by atoms with Gasteiger partial charge in [-0.3, -0.25) is 4.90 Å². The Hall–Kier alpha value is -1.75. The van der Waals surface area contributed by atoms with Crippen molar-refractivity contribution in [3.05, 3.63) is 24.3 Å². The molecular formula is C15H22N4O. The number of anilines is 2. The number of rotatable bonds is 2. The summed E-state index contributed by atoms with van der Waals surface area (Å²) in [4.78, 5) is 16.7. The summed E-state index contributed by atoms with van der Waals surface area (Å²) in [5.74, 6) is 0. The third-order valence-corrected chi connectivity index (χ3v) is 4.25. The zero-order valence-corrected chi connectivity index (χ0v) is 11.7. The van der Waals surface area contributed by atoms with Crippen molar-refractivity contribution < 1.29 is 4.79 Å². The Morgan fingerprint density at radius 2 is 2.05 bits per heavy atom. The van der Waals surface area contributed by atoms with Crippen molar-refractivity contribution in [1.29, 1.82) is 0 Å². The molecule has 2 aliphatic heterocycles. The van der Waals surface area contributed by atoms with Crippen LogP contribution in [0.5, 0.6) is 0 Å². The molecule has 1 aromatic carbocycles.